The molecule has 0 spiro atoms. The predicted molar refractivity (Wildman–Crippen MR) is 108 cm³/mol. The number of nitrogens with zero attached hydrogens (tertiary/aromatic N) is 2. The molecule has 1 aliphatic rings. The number of hydrogen-bond donors (Lipinski definition) is 1. The number of pyridine rings is 1. The molecule has 5 nitrogen and oxygen atoms in total. The maximum atomic E-state index is 12.5. The molecule has 27 heavy (non-hydrogen) atoms. The molecule has 2 heterocycles. The number of benzene rings is 1. The molecule has 1 aliphatic heterocycles. The molecule has 0 amide bonds. The minimum atomic E-state index is -3.51. The van der Waals surface area contributed by atoms with Crippen LogP contribution in [0.15, 0.2) is 53.7 Å². The van der Waals surface area contributed by atoms with E-state index in [0.29, 0.717) is 5.92 Å². The number of nitrogens with one attached hydrogen (secondary N) is 1. The van der Waals surface area contributed by atoms with Crippen LogP contribution in [0.2, 0.25) is 0 Å². The molecular weight excluding hydrogens is 358 g/mol. The summed E-state index contributed by atoms with van der Waals surface area (Å²) in [5.74, 6) is 0.659. The van der Waals surface area contributed by atoms with E-state index in [1.165, 1.54) is 17.3 Å². The van der Waals surface area contributed by atoms with Crippen molar-refractivity contribution in [1.82, 2.24) is 14.6 Å². The van der Waals surface area contributed by atoms with Crippen LogP contribution in [0, 0.1) is 5.92 Å². The summed E-state index contributed by atoms with van der Waals surface area (Å²) in [5, 5.41) is 0. The van der Waals surface area contributed by atoms with Gasteiger partial charge in [-0.15, -0.1) is 0 Å². The van der Waals surface area contributed by atoms with E-state index in [1.807, 2.05) is 0 Å². The van der Waals surface area contributed by atoms with Crippen LogP contribution in [0.3, 0.4) is 0 Å². The van der Waals surface area contributed by atoms with Crippen LogP contribution < -0.4 is 4.72 Å². The third-order valence-electron chi connectivity index (χ3n) is 4.85. The van der Waals surface area contributed by atoms with Gasteiger partial charge < -0.3 is 0 Å². The quantitative estimate of drug-likeness (QED) is 0.792. The van der Waals surface area contributed by atoms with Crippen LogP contribution in [0.4, 0.5) is 0 Å². The van der Waals surface area contributed by atoms with Crippen molar-refractivity contribution in [3.05, 3.63) is 59.9 Å². The first-order chi connectivity index (χ1) is 12.9. The maximum absolute atomic E-state index is 12.5. The SMILES string of the molecule is CC(C)Cc1ccc(CN2CCC[C@H](NS(=O)(=O)c3cccnc3)C2)cc1. The van der Waals surface area contributed by atoms with Crippen molar-refractivity contribution in [2.45, 2.75) is 50.6 Å². The summed E-state index contributed by atoms with van der Waals surface area (Å²) in [6.07, 6.45) is 5.92. The molecule has 1 aromatic heterocycles. The first-order valence-electron chi connectivity index (χ1n) is 9.65. The molecule has 0 saturated carbocycles. The molecule has 0 bridgehead atoms. The number of likely N-dealkylation sites (tertiary alicyclic amines) is 1. The number of piperidine rings is 1. The Morgan fingerprint density at radius 1 is 1.19 bits per heavy atom. The first kappa shape index (κ1) is 20.0. The van der Waals surface area contributed by atoms with Crippen molar-refractivity contribution in [3.63, 3.8) is 0 Å². The minimum absolute atomic E-state index is 0.0656. The lowest BCUT2D eigenvalue weighted by Gasteiger charge is -2.33. The fourth-order valence-electron chi connectivity index (χ4n) is 3.60. The van der Waals surface area contributed by atoms with Gasteiger partial charge in [-0.2, -0.15) is 0 Å². The van der Waals surface area contributed by atoms with E-state index in [0.717, 1.165) is 38.9 Å². The third kappa shape index (κ3) is 5.86. The Balaban J connectivity index is 1.58. The Morgan fingerprint density at radius 3 is 2.59 bits per heavy atom. The highest BCUT2D eigenvalue weighted by Crippen LogP contribution is 2.17. The molecule has 0 radical (unpaired) electrons. The lowest BCUT2D eigenvalue weighted by Crippen LogP contribution is -2.47. The van der Waals surface area contributed by atoms with Gasteiger partial charge in [-0.3, -0.25) is 9.88 Å². The standard InChI is InChI=1S/C21H29N3O2S/c1-17(2)13-18-7-9-19(10-8-18)15-24-12-4-5-20(16-24)23-27(25,26)21-6-3-11-22-14-21/h3,6-11,14,17,20,23H,4-5,12-13,15-16H2,1-2H3/t20-/m0/s1. The van der Waals surface area contributed by atoms with E-state index in [1.54, 1.807) is 18.3 Å². The maximum Gasteiger partial charge on any atom is 0.242 e. The first-order valence-corrected chi connectivity index (χ1v) is 11.1. The number of rotatable bonds is 7. The summed E-state index contributed by atoms with van der Waals surface area (Å²) in [5.41, 5.74) is 2.65. The summed E-state index contributed by atoms with van der Waals surface area (Å²) in [6, 6.07) is 12.0. The number of aromatic nitrogens is 1. The fourth-order valence-corrected chi connectivity index (χ4v) is 4.82. The molecule has 146 valence electrons. The Morgan fingerprint density at radius 2 is 1.93 bits per heavy atom. The van der Waals surface area contributed by atoms with Crippen LogP contribution in [0.1, 0.15) is 37.8 Å². The summed E-state index contributed by atoms with van der Waals surface area (Å²) < 4.78 is 27.9. The van der Waals surface area contributed by atoms with E-state index in [-0.39, 0.29) is 10.9 Å². The molecule has 1 N–H and O–H groups in total. The predicted octanol–water partition coefficient (Wildman–Crippen LogP) is 3.22. The largest absolute Gasteiger partial charge is 0.298 e. The van der Waals surface area contributed by atoms with E-state index >= 15 is 0 Å². The average molecular weight is 388 g/mol. The Kier molecular flexibility index (Phi) is 6.63. The number of hydrogen-bond acceptors (Lipinski definition) is 4. The minimum Gasteiger partial charge on any atom is -0.298 e. The highest BCUT2D eigenvalue weighted by Gasteiger charge is 2.25. The Labute approximate surface area is 162 Å². The summed E-state index contributed by atoms with van der Waals surface area (Å²) in [7, 11) is -3.51. The normalized spacial score (nSPS) is 18.7. The van der Waals surface area contributed by atoms with Crippen molar-refractivity contribution in [2.24, 2.45) is 5.92 Å². The lowest BCUT2D eigenvalue weighted by atomic mass is 10.0. The van der Waals surface area contributed by atoms with Gasteiger partial charge >= 0.3 is 0 Å². The zero-order valence-corrected chi connectivity index (χ0v) is 17.0. The molecule has 6 heteroatoms. The van der Waals surface area contributed by atoms with Crippen molar-refractivity contribution in [2.75, 3.05) is 13.1 Å². The van der Waals surface area contributed by atoms with Crippen LogP contribution in [0.5, 0.6) is 0 Å². The zero-order chi connectivity index (χ0) is 19.3. The van der Waals surface area contributed by atoms with E-state index in [9.17, 15) is 8.42 Å². The van der Waals surface area contributed by atoms with Gasteiger partial charge in [-0.1, -0.05) is 38.1 Å². The Bertz CT molecular complexity index is 820. The second-order valence-corrected chi connectivity index (χ2v) is 9.51. The second-order valence-electron chi connectivity index (χ2n) is 7.80. The molecule has 1 saturated heterocycles. The van der Waals surface area contributed by atoms with Gasteiger partial charge in [0.25, 0.3) is 0 Å². The summed E-state index contributed by atoms with van der Waals surface area (Å²) in [4.78, 5) is 6.47. The van der Waals surface area contributed by atoms with Crippen molar-refractivity contribution < 1.29 is 8.42 Å². The van der Waals surface area contributed by atoms with Gasteiger partial charge in [0.05, 0.1) is 0 Å². The topological polar surface area (TPSA) is 62.3 Å². The van der Waals surface area contributed by atoms with Crippen LogP contribution in [-0.2, 0) is 23.0 Å². The lowest BCUT2D eigenvalue weighted by molar-refractivity contribution is 0.194. The molecule has 1 atom stereocenters. The van der Waals surface area contributed by atoms with Crippen LogP contribution in [-0.4, -0.2) is 37.4 Å². The molecule has 2 aromatic rings. The van der Waals surface area contributed by atoms with Gasteiger partial charge in [0, 0.05) is 31.5 Å². The third-order valence-corrected chi connectivity index (χ3v) is 6.35. The van der Waals surface area contributed by atoms with Crippen LogP contribution >= 0.6 is 0 Å². The van der Waals surface area contributed by atoms with Gasteiger partial charge in [-0.05, 0) is 55.0 Å². The molecule has 1 fully saturated rings. The van der Waals surface area contributed by atoms with Crippen molar-refractivity contribution in [1.29, 1.82) is 0 Å². The summed E-state index contributed by atoms with van der Waals surface area (Å²) in [6.45, 7) is 7.04. The zero-order valence-electron chi connectivity index (χ0n) is 16.1. The molecule has 3 rings (SSSR count). The molecule has 0 aliphatic carbocycles. The molecule has 0 unspecified atom stereocenters. The van der Waals surface area contributed by atoms with Gasteiger partial charge in [0.15, 0.2) is 0 Å². The van der Waals surface area contributed by atoms with Gasteiger partial charge in [0.2, 0.25) is 10.0 Å². The van der Waals surface area contributed by atoms with Gasteiger partial charge in [-0.25, -0.2) is 13.1 Å². The van der Waals surface area contributed by atoms with Crippen molar-refractivity contribution in [3.8, 4) is 0 Å². The van der Waals surface area contributed by atoms with E-state index in [2.05, 4.69) is 52.7 Å². The molecule has 1 aromatic carbocycles. The molecular formula is C21H29N3O2S. The monoisotopic (exact) mass is 387 g/mol. The Hall–Kier alpha value is -1.76. The highest BCUT2D eigenvalue weighted by atomic mass is 32.2. The average Bonchev–Trinajstić information content (AvgIpc) is 2.64. The van der Waals surface area contributed by atoms with E-state index < -0.39 is 10.0 Å². The smallest absolute Gasteiger partial charge is 0.242 e. The van der Waals surface area contributed by atoms with Gasteiger partial charge in [0.1, 0.15) is 4.90 Å². The second kappa shape index (κ2) is 8.95. The highest BCUT2D eigenvalue weighted by molar-refractivity contribution is 7.89. The van der Waals surface area contributed by atoms with E-state index in [4.69, 9.17) is 0 Å². The van der Waals surface area contributed by atoms with Crippen molar-refractivity contribution >= 4 is 10.0 Å². The fraction of sp³-hybridized carbons (Fsp3) is 0.476. The summed E-state index contributed by atoms with van der Waals surface area (Å²) >= 11 is 0. The van der Waals surface area contributed by atoms with Crippen LogP contribution in [0.25, 0.3) is 0 Å². The number of sulfonamides is 1.